The minimum Gasteiger partial charge on any atom is -0.354 e. The standard InChI is InChI=1S/C18H22N2O.ClH/c1-14-7-5-6-8-15(14)11-12-18(21)20-13-17(19)16-9-3-2-4-10-16;/h2-10,17H,11-13,19H2,1H3,(H,20,21);1H. The molecule has 0 spiro atoms. The largest absolute Gasteiger partial charge is 0.354 e. The van der Waals surface area contributed by atoms with E-state index in [0.29, 0.717) is 13.0 Å². The molecule has 1 amide bonds. The van der Waals surface area contributed by atoms with Gasteiger partial charge in [-0.15, -0.1) is 12.4 Å². The highest BCUT2D eigenvalue weighted by atomic mass is 35.5. The Morgan fingerprint density at radius 2 is 1.73 bits per heavy atom. The highest BCUT2D eigenvalue weighted by Crippen LogP contribution is 2.10. The van der Waals surface area contributed by atoms with Crippen LogP contribution < -0.4 is 11.1 Å². The molecule has 3 nitrogen and oxygen atoms in total. The van der Waals surface area contributed by atoms with Crippen LogP contribution in [0.3, 0.4) is 0 Å². The van der Waals surface area contributed by atoms with Gasteiger partial charge >= 0.3 is 0 Å². The van der Waals surface area contributed by atoms with Crippen LogP contribution in [0.1, 0.15) is 29.2 Å². The van der Waals surface area contributed by atoms with Crippen LogP contribution in [0.5, 0.6) is 0 Å². The number of benzene rings is 2. The maximum absolute atomic E-state index is 11.9. The maximum atomic E-state index is 11.9. The summed E-state index contributed by atoms with van der Waals surface area (Å²) in [4.78, 5) is 11.9. The molecule has 1 atom stereocenters. The SMILES string of the molecule is Cc1ccccc1CCC(=O)NCC(N)c1ccccc1.Cl. The van der Waals surface area contributed by atoms with Gasteiger partial charge in [0.25, 0.3) is 0 Å². The number of rotatable bonds is 6. The Kier molecular flexibility index (Phi) is 7.64. The molecule has 0 aliphatic heterocycles. The third-order valence-electron chi connectivity index (χ3n) is 3.63. The number of hydrogen-bond acceptors (Lipinski definition) is 2. The van der Waals surface area contributed by atoms with E-state index in [4.69, 9.17) is 5.73 Å². The molecule has 22 heavy (non-hydrogen) atoms. The molecule has 1 unspecified atom stereocenters. The van der Waals surface area contributed by atoms with Crippen molar-refractivity contribution in [3.05, 3.63) is 71.3 Å². The molecule has 0 aromatic heterocycles. The third kappa shape index (κ3) is 5.51. The van der Waals surface area contributed by atoms with E-state index in [-0.39, 0.29) is 24.4 Å². The van der Waals surface area contributed by atoms with Crippen molar-refractivity contribution in [1.29, 1.82) is 0 Å². The zero-order chi connectivity index (χ0) is 15.1. The smallest absolute Gasteiger partial charge is 0.220 e. The van der Waals surface area contributed by atoms with E-state index in [1.807, 2.05) is 42.5 Å². The van der Waals surface area contributed by atoms with Gasteiger partial charge in [-0.25, -0.2) is 0 Å². The predicted molar refractivity (Wildman–Crippen MR) is 93.1 cm³/mol. The van der Waals surface area contributed by atoms with Crippen LogP contribution >= 0.6 is 12.4 Å². The van der Waals surface area contributed by atoms with Crippen molar-refractivity contribution >= 4 is 18.3 Å². The van der Waals surface area contributed by atoms with Crippen LogP contribution in [-0.2, 0) is 11.2 Å². The number of hydrogen-bond donors (Lipinski definition) is 2. The van der Waals surface area contributed by atoms with Gasteiger partial charge < -0.3 is 11.1 Å². The molecule has 0 saturated carbocycles. The number of carbonyl (C=O) groups excluding carboxylic acids is 1. The first-order valence-electron chi connectivity index (χ1n) is 7.28. The van der Waals surface area contributed by atoms with E-state index in [1.54, 1.807) is 0 Å². The Hall–Kier alpha value is -1.84. The van der Waals surface area contributed by atoms with Gasteiger partial charge in [0.2, 0.25) is 5.91 Å². The topological polar surface area (TPSA) is 55.1 Å². The first-order valence-corrected chi connectivity index (χ1v) is 7.28. The Balaban J connectivity index is 0.00000242. The summed E-state index contributed by atoms with van der Waals surface area (Å²) in [7, 11) is 0. The summed E-state index contributed by atoms with van der Waals surface area (Å²) in [6, 6.07) is 17.8. The van der Waals surface area contributed by atoms with Crippen molar-refractivity contribution in [2.75, 3.05) is 6.54 Å². The molecule has 2 aromatic carbocycles. The summed E-state index contributed by atoms with van der Waals surface area (Å²) >= 11 is 0. The monoisotopic (exact) mass is 318 g/mol. The van der Waals surface area contributed by atoms with E-state index in [9.17, 15) is 4.79 Å². The quantitative estimate of drug-likeness (QED) is 0.859. The fraction of sp³-hybridized carbons (Fsp3) is 0.278. The van der Waals surface area contributed by atoms with Crippen molar-refractivity contribution < 1.29 is 4.79 Å². The van der Waals surface area contributed by atoms with Crippen LogP contribution in [0.4, 0.5) is 0 Å². The van der Waals surface area contributed by atoms with Crippen molar-refractivity contribution in [2.45, 2.75) is 25.8 Å². The summed E-state index contributed by atoms with van der Waals surface area (Å²) in [5.74, 6) is 0.0460. The van der Waals surface area contributed by atoms with Crippen LogP contribution in [0.15, 0.2) is 54.6 Å². The Labute approximate surface area is 138 Å². The second kappa shape index (κ2) is 9.23. The molecule has 0 radical (unpaired) electrons. The van der Waals surface area contributed by atoms with Crippen LogP contribution in [0.2, 0.25) is 0 Å². The lowest BCUT2D eigenvalue weighted by Gasteiger charge is -2.13. The predicted octanol–water partition coefficient (Wildman–Crippen LogP) is 3.17. The lowest BCUT2D eigenvalue weighted by molar-refractivity contribution is -0.121. The third-order valence-corrected chi connectivity index (χ3v) is 3.63. The van der Waals surface area contributed by atoms with Gasteiger partial charge in [-0.1, -0.05) is 54.6 Å². The van der Waals surface area contributed by atoms with Gasteiger partial charge in [0.05, 0.1) is 0 Å². The summed E-state index contributed by atoms with van der Waals surface area (Å²) in [5.41, 5.74) is 9.55. The zero-order valence-electron chi connectivity index (χ0n) is 12.8. The van der Waals surface area contributed by atoms with E-state index in [0.717, 1.165) is 12.0 Å². The summed E-state index contributed by atoms with van der Waals surface area (Å²) in [5, 5.41) is 2.91. The Morgan fingerprint density at radius 1 is 1.09 bits per heavy atom. The van der Waals surface area contributed by atoms with E-state index < -0.39 is 0 Å². The summed E-state index contributed by atoms with van der Waals surface area (Å²) in [6.07, 6.45) is 1.26. The van der Waals surface area contributed by atoms with Gasteiger partial charge in [0, 0.05) is 19.0 Å². The molecule has 0 fully saturated rings. The average molecular weight is 319 g/mol. The molecular weight excluding hydrogens is 296 g/mol. The van der Waals surface area contributed by atoms with Gasteiger partial charge in [-0.05, 0) is 30.0 Å². The number of nitrogens with two attached hydrogens (primary N) is 1. The lowest BCUT2D eigenvalue weighted by Crippen LogP contribution is -2.32. The molecule has 0 aliphatic rings. The fourth-order valence-corrected chi connectivity index (χ4v) is 2.27. The lowest BCUT2D eigenvalue weighted by atomic mass is 10.0. The Bertz CT molecular complexity index is 587. The van der Waals surface area contributed by atoms with Gasteiger partial charge in [0.15, 0.2) is 0 Å². The highest BCUT2D eigenvalue weighted by molar-refractivity contribution is 5.85. The first-order chi connectivity index (χ1) is 10.2. The van der Waals surface area contributed by atoms with Crippen LogP contribution in [0, 0.1) is 6.92 Å². The molecule has 0 heterocycles. The fourth-order valence-electron chi connectivity index (χ4n) is 2.27. The minimum absolute atomic E-state index is 0. The molecule has 4 heteroatoms. The number of amides is 1. The van der Waals surface area contributed by atoms with Crippen molar-refractivity contribution in [1.82, 2.24) is 5.32 Å². The summed E-state index contributed by atoms with van der Waals surface area (Å²) in [6.45, 7) is 2.54. The van der Waals surface area contributed by atoms with Gasteiger partial charge in [0.1, 0.15) is 0 Å². The zero-order valence-corrected chi connectivity index (χ0v) is 13.6. The molecule has 2 rings (SSSR count). The second-order valence-corrected chi connectivity index (χ2v) is 5.25. The number of carbonyl (C=O) groups is 1. The average Bonchev–Trinajstić information content (AvgIpc) is 2.52. The Morgan fingerprint density at radius 3 is 2.41 bits per heavy atom. The number of nitrogens with one attached hydrogen (secondary N) is 1. The van der Waals surface area contributed by atoms with E-state index >= 15 is 0 Å². The van der Waals surface area contributed by atoms with Crippen LogP contribution in [-0.4, -0.2) is 12.5 Å². The van der Waals surface area contributed by atoms with Crippen molar-refractivity contribution in [3.63, 3.8) is 0 Å². The second-order valence-electron chi connectivity index (χ2n) is 5.25. The van der Waals surface area contributed by atoms with Crippen molar-refractivity contribution in [2.24, 2.45) is 5.73 Å². The molecule has 0 bridgehead atoms. The molecule has 2 aromatic rings. The first kappa shape index (κ1) is 18.2. The molecule has 0 saturated heterocycles. The van der Waals surface area contributed by atoms with Crippen LogP contribution in [0.25, 0.3) is 0 Å². The molecule has 0 aliphatic carbocycles. The van der Waals surface area contributed by atoms with Gasteiger partial charge in [-0.2, -0.15) is 0 Å². The molecule has 3 N–H and O–H groups in total. The molecule has 118 valence electrons. The highest BCUT2D eigenvalue weighted by Gasteiger charge is 2.08. The van der Waals surface area contributed by atoms with E-state index in [2.05, 4.69) is 24.4 Å². The number of aryl methyl sites for hydroxylation is 2. The minimum atomic E-state index is -0.159. The number of halogens is 1. The van der Waals surface area contributed by atoms with Gasteiger partial charge in [-0.3, -0.25) is 4.79 Å². The van der Waals surface area contributed by atoms with Crippen molar-refractivity contribution in [3.8, 4) is 0 Å². The van der Waals surface area contributed by atoms with E-state index in [1.165, 1.54) is 11.1 Å². The molecular formula is C18H23ClN2O. The summed E-state index contributed by atoms with van der Waals surface area (Å²) < 4.78 is 0. The maximum Gasteiger partial charge on any atom is 0.220 e. The normalized spacial score (nSPS) is 11.4.